The number of ether oxygens (including phenoxy) is 1. The van der Waals surface area contributed by atoms with Gasteiger partial charge < -0.3 is 15.6 Å². The summed E-state index contributed by atoms with van der Waals surface area (Å²) in [5.41, 5.74) is 5.36. The molecule has 0 atom stereocenters. The molecule has 15 heavy (non-hydrogen) atoms. The number of phenols is 1. The Labute approximate surface area is 87.7 Å². The lowest BCUT2D eigenvalue weighted by molar-refractivity contribution is 0.1000. The zero-order valence-electron chi connectivity index (χ0n) is 8.27. The van der Waals surface area contributed by atoms with E-state index in [1.165, 1.54) is 18.9 Å². The number of carbonyl (C=O) groups excluding carboxylic acids is 1. The summed E-state index contributed by atoms with van der Waals surface area (Å²) in [6, 6.07) is 4.44. The van der Waals surface area contributed by atoms with Crippen molar-refractivity contribution in [3.05, 3.63) is 23.8 Å². The molecule has 0 aliphatic heterocycles. The van der Waals surface area contributed by atoms with Gasteiger partial charge in [0.05, 0.1) is 6.61 Å². The topological polar surface area (TPSA) is 72.6 Å². The summed E-state index contributed by atoms with van der Waals surface area (Å²) in [6.45, 7) is 0.628. The molecular weight excluding hydrogens is 194 g/mol. The van der Waals surface area contributed by atoms with Crippen LogP contribution in [-0.2, 0) is 0 Å². The number of benzene rings is 1. The van der Waals surface area contributed by atoms with Gasteiger partial charge in [-0.3, -0.25) is 4.79 Å². The number of carbonyl (C=O) groups is 1. The van der Waals surface area contributed by atoms with Crippen molar-refractivity contribution in [2.75, 3.05) is 6.61 Å². The van der Waals surface area contributed by atoms with E-state index >= 15 is 0 Å². The predicted octanol–water partition coefficient (Wildman–Crippen LogP) is 1.28. The van der Waals surface area contributed by atoms with E-state index in [2.05, 4.69) is 0 Å². The second-order valence-corrected chi connectivity index (χ2v) is 3.80. The molecular formula is C11H13NO3. The Kier molecular flexibility index (Phi) is 2.49. The van der Waals surface area contributed by atoms with E-state index in [9.17, 15) is 9.90 Å². The van der Waals surface area contributed by atoms with Crippen molar-refractivity contribution < 1.29 is 14.6 Å². The smallest absolute Gasteiger partial charge is 0.248 e. The molecule has 1 aromatic carbocycles. The number of hydrogen-bond acceptors (Lipinski definition) is 3. The fourth-order valence-electron chi connectivity index (χ4n) is 1.28. The minimum atomic E-state index is -0.556. The average molecular weight is 207 g/mol. The van der Waals surface area contributed by atoms with Crippen molar-refractivity contribution in [3.8, 4) is 11.5 Å². The molecule has 0 aromatic heterocycles. The van der Waals surface area contributed by atoms with Crippen molar-refractivity contribution in [1.82, 2.24) is 0 Å². The average Bonchev–Trinajstić information content (AvgIpc) is 2.99. The van der Waals surface area contributed by atoms with E-state index < -0.39 is 5.91 Å². The van der Waals surface area contributed by atoms with Gasteiger partial charge in [0.25, 0.3) is 0 Å². The van der Waals surface area contributed by atoms with Crippen molar-refractivity contribution in [1.29, 1.82) is 0 Å². The minimum absolute atomic E-state index is 0.0352. The van der Waals surface area contributed by atoms with Gasteiger partial charge >= 0.3 is 0 Å². The lowest BCUT2D eigenvalue weighted by atomic mass is 10.2. The lowest BCUT2D eigenvalue weighted by Gasteiger charge is -2.07. The molecule has 3 N–H and O–H groups in total. The van der Waals surface area contributed by atoms with Gasteiger partial charge in [0.15, 0.2) is 11.5 Å². The molecule has 1 amide bonds. The van der Waals surface area contributed by atoms with Gasteiger partial charge in [0.1, 0.15) is 0 Å². The third kappa shape index (κ3) is 2.40. The normalized spacial score (nSPS) is 14.9. The van der Waals surface area contributed by atoms with Gasteiger partial charge in [0.2, 0.25) is 5.91 Å². The molecule has 1 fully saturated rings. The third-order valence-electron chi connectivity index (χ3n) is 2.41. The van der Waals surface area contributed by atoms with E-state index in [1.54, 1.807) is 12.1 Å². The molecule has 1 aromatic rings. The summed E-state index contributed by atoms with van der Waals surface area (Å²) in [7, 11) is 0. The molecule has 0 radical (unpaired) electrons. The Balaban J connectivity index is 2.07. The summed E-state index contributed by atoms with van der Waals surface area (Å²) in [5.74, 6) is 0.443. The van der Waals surface area contributed by atoms with E-state index in [1.807, 2.05) is 0 Å². The highest BCUT2D eigenvalue weighted by molar-refractivity contribution is 5.93. The summed E-state index contributed by atoms with van der Waals surface area (Å²) >= 11 is 0. The Morgan fingerprint density at radius 2 is 2.27 bits per heavy atom. The number of phenolic OH excluding ortho intramolecular Hbond substituents is 1. The summed E-state index contributed by atoms with van der Waals surface area (Å²) in [4.78, 5) is 10.8. The SMILES string of the molecule is NC(=O)c1ccc(OCC2CC2)c(O)c1. The zero-order chi connectivity index (χ0) is 10.8. The summed E-state index contributed by atoms with van der Waals surface area (Å²) in [5, 5.41) is 9.54. The van der Waals surface area contributed by atoms with Gasteiger partial charge in [-0.15, -0.1) is 0 Å². The van der Waals surface area contributed by atoms with Gasteiger partial charge in [0, 0.05) is 5.56 Å². The first-order valence-electron chi connectivity index (χ1n) is 4.92. The highest BCUT2D eigenvalue weighted by Crippen LogP contribution is 2.32. The summed E-state index contributed by atoms with van der Waals surface area (Å²) in [6.07, 6.45) is 2.39. The largest absolute Gasteiger partial charge is 0.504 e. The molecule has 1 aliphatic rings. The molecule has 0 spiro atoms. The lowest BCUT2D eigenvalue weighted by Crippen LogP contribution is -2.10. The van der Waals surface area contributed by atoms with Crippen molar-refractivity contribution in [3.63, 3.8) is 0 Å². The van der Waals surface area contributed by atoms with Crippen LogP contribution in [0.4, 0.5) is 0 Å². The van der Waals surface area contributed by atoms with E-state index in [0.717, 1.165) is 0 Å². The number of primary amides is 1. The molecule has 1 aliphatic carbocycles. The monoisotopic (exact) mass is 207 g/mol. The molecule has 0 bridgehead atoms. The minimum Gasteiger partial charge on any atom is -0.504 e. The Morgan fingerprint density at radius 1 is 1.53 bits per heavy atom. The van der Waals surface area contributed by atoms with Gasteiger partial charge in [-0.05, 0) is 37.0 Å². The molecule has 0 unspecified atom stereocenters. The van der Waals surface area contributed by atoms with Crippen LogP contribution in [0.2, 0.25) is 0 Å². The fourth-order valence-corrected chi connectivity index (χ4v) is 1.28. The Hall–Kier alpha value is -1.71. The number of amides is 1. The first kappa shape index (κ1) is 9.83. The Bertz CT molecular complexity index is 385. The maximum atomic E-state index is 10.8. The maximum absolute atomic E-state index is 10.8. The predicted molar refractivity (Wildman–Crippen MR) is 54.8 cm³/mol. The van der Waals surface area contributed by atoms with Crippen molar-refractivity contribution in [2.45, 2.75) is 12.8 Å². The first-order valence-corrected chi connectivity index (χ1v) is 4.92. The third-order valence-corrected chi connectivity index (χ3v) is 2.41. The van der Waals surface area contributed by atoms with Gasteiger partial charge in [-0.25, -0.2) is 0 Å². The van der Waals surface area contributed by atoms with Crippen LogP contribution >= 0.6 is 0 Å². The maximum Gasteiger partial charge on any atom is 0.248 e. The van der Waals surface area contributed by atoms with Crippen molar-refractivity contribution >= 4 is 5.91 Å². The van der Waals surface area contributed by atoms with Gasteiger partial charge in [-0.2, -0.15) is 0 Å². The number of rotatable bonds is 4. The van der Waals surface area contributed by atoms with Crippen LogP contribution in [0.1, 0.15) is 23.2 Å². The van der Waals surface area contributed by atoms with E-state index in [-0.39, 0.29) is 11.3 Å². The second kappa shape index (κ2) is 3.81. The highest BCUT2D eigenvalue weighted by atomic mass is 16.5. The van der Waals surface area contributed by atoms with Gasteiger partial charge in [-0.1, -0.05) is 0 Å². The van der Waals surface area contributed by atoms with Crippen LogP contribution in [0.15, 0.2) is 18.2 Å². The van der Waals surface area contributed by atoms with E-state index in [4.69, 9.17) is 10.5 Å². The molecule has 2 rings (SSSR count). The molecule has 1 saturated carbocycles. The zero-order valence-corrected chi connectivity index (χ0v) is 8.27. The van der Waals surface area contributed by atoms with Crippen LogP contribution in [0.5, 0.6) is 11.5 Å². The van der Waals surface area contributed by atoms with Crippen LogP contribution in [0, 0.1) is 5.92 Å². The van der Waals surface area contributed by atoms with Crippen LogP contribution in [0.3, 0.4) is 0 Å². The highest BCUT2D eigenvalue weighted by Gasteiger charge is 2.22. The summed E-state index contributed by atoms with van der Waals surface area (Å²) < 4.78 is 5.39. The van der Waals surface area contributed by atoms with Crippen LogP contribution in [-0.4, -0.2) is 17.6 Å². The number of aromatic hydroxyl groups is 1. The molecule has 0 heterocycles. The number of hydrogen-bond donors (Lipinski definition) is 2. The molecule has 4 heteroatoms. The molecule has 4 nitrogen and oxygen atoms in total. The molecule has 80 valence electrons. The van der Waals surface area contributed by atoms with Crippen LogP contribution < -0.4 is 10.5 Å². The van der Waals surface area contributed by atoms with E-state index in [0.29, 0.717) is 18.3 Å². The standard InChI is InChI=1S/C11H13NO3/c12-11(14)8-3-4-10(9(13)5-8)15-6-7-1-2-7/h3-5,7,13H,1-2,6H2,(H2,12,14). The molecule has 0 saturated heterocycles. The second-order valence-electron chi connectivity index (χ2n) is 3.80. The fraction of sp³-hybridized carbons (Fsp3) is 0.364. The van der Waals surface area contributed by atoms with Crippen molar-refractivity contribution in [2.24, 2.45) is 11.7 Å². The first-order chi connectivity index (χ1) is 7.16. The van der Waals surface area contributed by atoms with Crippen LogP contribution in [0.25, 0.3) is 0 Å². The Morgan fingerprint density at radius 3 is 2.80 bits per heavy atom. The quantitative estimate of drug-likeness (QED) is 0.781. The number of nitrogens with two attached hydrogens (primary N) is 1.